The van der Waals surface area contributed by atoms with E-state index in [0.717, 1.165) is 71.0 Å². The molecule has 0 aliphatic carbocycles. The maximum Gasteiger partial charge on any atom is 0.251 e. The largest absolute Gasteiger partial charge is 0.493 e. The first kappa shape index (κ1) is 29.4. The zero-order chi connectivity index (χ0) is 30.5. The Balaban J connectivity index is 1.07. The number of rotatable bonds is 10. The van der Waals surface area contributed by atoms with Gasteiger partial charge in [-0.1, -0.05) is 41.9 Å². The van der Waals surface area contributed by atoms with Crippen LogP contribution >= 0.6 is 11.6 Å². The molecule has 0 saturated heterocycles. The molecule has 224 valence electrons. The summed E-state index contributed by atoms with van der Waals surface area (Å²) in [5.74, 6) is 2.18. The summed E-state index contributed by atoms with van der Waals surface area (Å²) in [6.45, 7) is 3.68. The third-order valence-corrected chi connectivity index (χ3v) is 8.21. The van der Waals surface area contributed by atoms with E-state index in [-0.39, 0.29) is 5.91 Å². The summed E-state index contributed by atoms with van der Waals surface area (Å²) < 4.78 is 10.9. The van der Waals surface area contributed by atoms with Gasteiger partial charge >= 0.3 is 0 Å². The zero-order valence-corrected chi connectivity index (χ0v) is 25.5. The first-order valence-corrected chi connectivity index (χ1v) is 15.0. The number of ether oxygens (including phenoxy) is 2. The summed E-state index contributed by atoms with van der Waals surface area (Å²) in [7, 11) is 3.32. The van der Waals surface area contributed by atoms with Crippen molar-refractivity contribution in [1.82, 2.24) is 20.2 Å². The number of nitrogens with one attached hydrogen (secondary N) is 2. The van der Waals surface area contributed by atoms with Crippen LogP contribution in [0.25, 0.3) is 22.0 Å². The molecule has 1 amide bonds. The minimum Gasteiger partial charge on any atom is -0.493 e. The van der Waals surface area contributed by atoms with E-state index >= 15 is 0 Å². The van der Waals surface area contributed by atoms with Crippen LogP contribution in [0.3, 0.4) is 0 Å². The molecule has 0 radical (unpaired) electrons. The standard InChI is InChI=1S/C35H34ClN5O3/c1-43-32-18-27-12-14-41(21-28(27)19-33(32)44-2)15-13-37-35(42)25-8-6-24(7-9-25)26-10-11-31-30(17-26)34(40-22-39-31)38-20-23-4-3-5-29(36)16-23/h3-11,16-19,22H,12-15,20-21H2,1-2H3,(H,37,42)(H,38,39,40). The molecule has 1 aliphatic rings. The van der Waals surface area contributed by atoms with Crippen LogP contribution in [0.1, 0.15) is 27.0 Å². The van der Waals surface area contributed by atoms with Crippen LogP contribution in [-0.2, 0) is 19.5 Å². The average molecular weight is 608 g/mol. The monoisotopic (exact) mass is 607 g/mol. The molecule has 2 N–H and O–H groups in total. The SMILES string of the molecule is COc1cc2c(cc1OC)CN(CCNC(=O)c1ccc(-c3ccc4ncnc(NCc5cccc(Cl)c5)c4c3)cc1)CC2. The van der Waals surface area contributed by atoms with Crippen LogP contribution in [0.5, 0.6) is 11.5 Å². The van der Waals surface area contributed by atoms with Gasteiger partial charge in [0.05, 0.1) is 19.7 Å². The van der Waals surface area contributed by atoms with Crippen molar-refractivity contribution in [3.8, 4) is 22.6 Å². The van der Waals surface area contributed by atoms with Crippen LogP contribution in [0.15, 0.2) is 85.2 Å². The van der Waals surface area contributed by atoms with Gasteiger partial charge in [0.2, 0.25) is 0 Å². The average Bonchev–Trinajstić information content (AvgIpc) is 3.06. The second-order valence-electron chi connectivity index (χ2n) is 10.8. The highest BCUT2D eigenvalue weighted by Crippen LogP contribution is 2.33. The van der Waals surface area contributed by atoms with Crippen molar-refractivity contribution in [2.45, 2.75) is 19.5 Å². The maximum absolute atomic E-state index is 12.9. The Morgan fingerprint density at radius 1 is 0.909 bits per heavy atom. The molecule has 5 aromatic rings. The zero-order valence-electron chi connectivity index (χ0n) is 24.8. The first-order chi connectivity index (χ1) is 21.5. The summed E-state index contributed by atoms with van der Waals surface area (Å²) in [4.78, 5) is 24.2. The third kappa shape index (κ3) is 6.61. The van der Waals surface area contributed by atoms with Crippen molar-refractivity contribution in [2.75, 3.05) is 39.2 Å². The van der Waals surface area contributed by atoms with Crippen molar-refractivity contribution >= 4 is 34.2 Å². The molecular weight excluding hydrogens is 574 g/mol. The van der Waals surface area contributed by atoms with Gasteiger partial charge in [-0.15, -0.1) is 0 Å². The van der Waals surface area contributed by atoms with E-state index in [2.05, 4.69) is 43.7 Å². The predicted octanol–water partition coefficient (Wildman–Crippen LogP) is 6.37. The van der Waals surface area contributed by atoms with E-state index in [9.17, 15) is 4.79 Å². The minimum atomic E-state index is -0.0835. The number of aromatic nitrogens is 2. The van der Waals surface area contributed by atoms with Crippen LogP contribution in [0, 0.1) is 0 Å². The quantitative estimate of drug-likeness (QED) is 0.191. The smallest absolute Gasteiger partial charge is 0.251 e. The van der Waals surface area contributed by atoms with Gasteiger partial charge in [-0.3, -0.25) is 9.69 Å². The molecule has 1 aliphatic heterocycles. The normalized spacial score (nSPS) is 12.9. The number of carbonyl (C=O) groups is 1. The van der Waals surface area contributed by atoms with Crippen molar-refractivity contribution in [2.24, 2.45) is 0 Å². The van der Waals surface area contributed by atoms with Crippen molar-refractivity contribution in [3.05, 3.63) is 112 Å². The number of methoxy groups -OCH3 is 2. The highest BCUT2D eigenvalue weighted by Gasteiger charge is 2.19. The van der Waals surface area contributed by atoms with Crippen molar-refractivity contribution < 1.29 is 14.3 Å². The number of hydrogen-bond donors (Lipinski definition) is 2. The molecule has 4 aromatic carbocycles. The molecule has 0 saturated carbocycles. The first-order valence-electron chi connectivity index (χ1n) is 14.6. The summed E-state index contributed by atoms with van der Waals surface area (Å²) in [6, 6.07) is 25.7. The Morgan fingerprint density at radius 2 is 1.68 bits per heavy atom. The second-order valence-corrected chi connectivity index (χ2v) is 11.2. The van der Waals surface area contributed by atoms with E-state index in [1.165, 1.54) is 11.1 Å². The topological polar surface area (TPSA) is 88.6 Å². The number of carbonyl (C=O) groups excluding carboxylic acids is 1. The number of amides is 1. The van der Waals surface area contributed by atoms with Crippen LogP contribution in [-0.4, -0.2) is 54.6 Å². The number of fused-ring (bicyclic) bond motifs is 2. The molecule has 1 aromatic heterocycles. The van der Waals surface area contributed by atoms with Crippen molar-refractivity contribution in [1.29, 1.82) is 0 Å². The number of hydrogen-bond acceptors (Lipinski definition) is 7. The Kier molecular flexibility index (Phi) is 8.91. The Hall–Kier alpha value is -4.66. The Labute approximate surface area is 262 Å². The number of halogens is 1. The second kappa shape index (κ2) is 13.3. The number of benzene rings is 4. The Morgan fingerprint density at radius 3 is 2.45 bits per heavy atom. The lowest BCUT2D eigenvalue weighted by Gasteiger charge is -2.29. The van der Waals surface area contributed by atoms with Crippen LogP contribution in [0.4, 0.5) is 5.82 Å². The molecule has 0 spiro atoms. The minimum absolute atomic E-state index is 0.0835. The molecule has 9 heteroatoms. The maximum atomic E-state index is 12.9. The lowest BCUT2D eigenvalue weighted by Crippen LogP contribution is -2.37. The lowest BCUT2D eigenvalue weighted by molar-refractivity contribution is 0.0947. The third-order valence-electron chi connectivity index (χ3n) is 7.98. The molecular formula is C35H34ClN5O3. The predicted molar refractivity (Wildman–Crippen MR) is 175 cm³/mol. The van der Waals surface area contributed by atoms with Gasteiger partial charge in [0.25, 0.3) is 5.91 Å². The van der Waals surface area contributed by atoms with Gasteiger partial charge in [-0.05, 0) is 82.8 Å². The van der Waals surface area contributed by atoms with Crippen LogP contribution < -0.4 is 20.1 Å². The highest BCUT2D eigenvalue weighted by molar-refractivity contribution is 6.30. The van der Waals surface area contributed by atoms with Gasteiger partial charge < -0.3 is 20.1 Å². The molecule has 2 heterocycles. The summed E-state index contributed by atoms with van der Waals surface area (Å²) in [5, 5.41) is 8.11. The van der Waals surface area contributed by atoms with E-state index < -0.39 is 0 Å². The summed E-state index contributed by atoms with van der Waals surface area (Å²) >= 11 is 6.14. The van der Waals surface area contributed by atoms with E-state index in [4.69, 9.17) is 21.1 Å². The van der Waals surface area contributed by atoms with Gasteiger partial charge in [-0.2, -0.15) is 0 Å². The number of nitrogens with zero attached hydrogens (tertiary/aromatic N) is 3. The van der Waals surface area contributed by atoms with E-state index in [0.29, 0.717) is 23.7 Å². The van der Waals surface area contributed by atoms with Gasteiger partial charge in [0.1, 0.15) is 12.1 Å². The molecule has 0 fully saturated rings. The molecule has 6 rings (SSSR count). The van der Waals surface area contributed by atoms with E-state index in [1.807, 2.05) is 60.7 Å². The lowest BCUT2D eigenvalue weighted by atomic mass is 9.99. The van der Waals surface area contributed by atoms with Gasteiger partial charge in [-0.25, -0.2) is 9.97 Å². The fourth-order valence-corrected chi connectivity index (χ4v) is 5.80. The molecule has 8 nitrogen and oxygen atoms in total. The molecule has 0 unspecified atom stereocenters. The van der Waals surface area contributed by atoms with E-state index in [1.54, 1.807) is 20.5 Å². The van der Waals surface area contributed by atoms with Gasteiger partial charge in [0, 0.05) is 48.7 Å². The fraction of sp³-hybridized carbons (Fsp3) is 0.229. The summed E-state index contributed by atoms with van der Waals surface area (Å²) in [5.41, 5.74) is 7.09. The molecule has 0 bridgehead atoms. The number of anilines is 1. The summed E-state index contributed by atoms with van der Waals surface area (Å²) in [6.07, 6.45) is 2.50. The molecule has 0 atom stereocenters. The van der Waals surface area contributed by atoms with Gasteiger partial charge in [0.15, 0.2) is 11.5 Å². The Bertz CT molecular complexity index is 1790. The van der Waals surface area contributed by atoms with Crippen molar-refractivity contribution in [3.63, 3.8) is 0 Å². The highest BCUT2D eigenvalue weighted by atomic mass is 35.5. The molecule has 44 heavy (non-hydrogen) atoms. The van der Waals surface area contributed by atoms with Crippen LogP contribution in [0.2, 0.25) is 5.02 Å². The fourth-order valence-electron chi connectivity index (χ4n) is 5.59.